The largest absolute Gasteiger partial charge is 0.389 e. The third-order valence-corrected chi connectivity index (χ3v) is 5.35. The van der Waals surface area contributed by atoms with Crippen molar-refractivity contribution in [2.24, 2.45) is 0 Å². The molecule has 1 unspecified atom stereocenters. The fraction of sp³-hybridized carbons (Fsp3) is 0.542. The van der Waals surface area contributed by atoms with Crippen molar-refractivity contribution in [3.8, 4) is 23.6 Å². The zero-order valence-corrected chi connectivity index (χ0v) is 19.0. The first-order valence-corrected chi connectivity index (χ1v) is 11.1. The number of anilines is 1. The number of nitrogens with zero attached hydrogens (tertiary/aromatic N) is 3. The molecule has 33 heavy (non-hydrogen) atoms. The number of methoxy groups -OCH3 is 1. The van der Waals surface area contributed by atoms with E-state index in [0.717, 1.165) is 17.5 Å². The molecule has 1 saturated heterocycles. The van der Waals surface area contributed by atoms with Crippen LogP contribution in [-0.2, 0) is 20.8 Å². The van der Waals surface area contributed by atoms with Gasteiger partial charge >= 0.3 is 0 Å². The van der Waals surface area contributed by atoms with Crippen molar-refractivity contribution in [3.63, 3.8) is 0 Å². The van der Waals surface area contributed by atoms with Gasteiger partial charge in [0, 0.05) is 52.0 Å². The Morgan fingerprint density at radius 2 is 2.06 bits per heavy atom. The summed E-state index contributed by atoms with van der Waals surface area (Å²) in [4.78, 5) is 4.23. The van der Waals surface area contributed by atoms with Crippen LogP contribution in [-0.4, -0.2) is 87.6 Å². The fourth-order valence-corrected chi connectivity index (χ4v) is 3.79. The molecular weight excluding hydrogens is 429 g/mol. The highest BCUT2D eigenvalue weighted by atomic mass is 19.1. The second-order valence-electron chi connectivity index (χ2n) is 7.88. The number of aliphatic hydroxyl groups excluding tert-OH is 1. The molecule has 1 fully saturated rings. The van der Waals surface area contributed by atoms with E-state index in [1.807, 2.05) is 0 Å². The molecule has 1 aliphatic heterocycles. The average molecular weight is 462 g/mol. The molecule has 2 aromatic rings. The number of aliphatic hydroxyl groups is 1. The summed E-state index contributed by atoms with van der Waals surface area (Å²) in [7, 11) is 1.66. The first-order valence-electron chi connectivity index (χ1n) is 11.1. The Morgan fingerprint density at radius 1 is 1.30 bits per heavy atom. The summed E-state index contributed by atoms with van der Waals surface area (Å²) < 4.78 is 35.3. The maximum Gasteiger partial charge on any atom is 0.232 e. The van der Waals surface area contributed by atoms with E-state index >= 15 is 0 Å². The third-order valence-electron chi connectivity index (χ3n) is 5.35. The fourth-order valence-electron chi connectivity index (χ4n) is 3.79. The van der Waals surface area contributed by atoms with Crippen molar-refractivity contribution in [2.45, 2.75) is 19.1 Å². The summed E-state index contributed by atoms with van der Waals surface area (Å²) in [5.74, 6) is 2.76. The molecule has 0 radical (unpaired) electrons. The molecule has 2 heterocycles. The monoisotopic (exact) mass is 461 g/mol. The normalized spacial score (nSPS) is 15.1. The quantitative estimate of drug-likeness (QED) is 0.359. The van der Waals surface area contributed by atoms with Gasteiger partial charge in [0.25, 0.3) is 0 Å². The van der Waals surface area contributed by atoms with Crippen LogP contribution in [0.3, 0.4) is 0 Å². The Labute approximate surface area is 194 Å². The lowest BCUT2D eigenvalue weighted by Gasteiger charge is -2.29. The third kappa shape index (κ3) is 7.52. The first kappa shape index (κ1) is 25.1. The number of halogens is 1. The van der Waals surface area contributed by atoms with Crippen LogP contribution < -0.4 is 4.90 Å². The number of hydrogen-bond donors (Lipinski definition) is 1. The Hall–Kier alpha value is -2.48. The highest BCUT2D eigenvalue weighted by Crippen LogP contribution is 2.33. The van der Waals surface area contributed by atoms with Crippen molar-refractivity contribution >= 4 is 5.88 Å². The molecule has 0 saturated carbocycles. The lowest BCUT2D eigenvalue weighted by atomic mass is 10.1. The lowest BCUT2D eigenvalue weighted by molar-refractivity contribution is 0.0244. The smallest absolute Gasteiger partial charge is 0.232 e. The molecule has 3 rings (SSSR count). The first-order chi connectivity index (χ1) is 16.1. The molecule has 180 valence electrons. The topological polar surface area (TPSA) is 80.4 Å². The van der Waals surface area contributed by atoms with Crippen LogP contribution >= 0.6 is 0 Å². The van der Waals surface area contributed by atoms with Gasteiger partial charge in [-0.15, -0.1) is 6.42 Å². The molecule has 9 heteroatoms. The van der Waals surface area contributed by atoms with Crippen LogP contribution in [0.5, 0.6) is 0 Å². The van der Waals surface area contributed by atoms with Crippen LogP contribution in [0.2, 0.25) is 0 Å². The molecule has 1 N–H and O–H groups in total. The van der Waals surface area contributed by atoms with E-state index < -0.39 is 6.10 Å². The van der Waals surface area contributed by atoms with Crippen molar-refractivity contribution in [2.75, 3.05) is 71.2 Å². The Balaban J connectivity index is 1.85. The van der Waals surface area contributed by atoms with Crippen molar-refractivity contribution in [3.05, 3.63) is 35.6 Å². The Morgan fingerprint density at radius 3 is 2.76 bits per heavy atom. The highest BCUT2D eigenvalue weighted by molar-refractivity contribution is 5.68. The van der Waals surface area contributed by atoms with E-state index in [1.54, 1.807) is 19.2 Å². The number of benzene rings is 1. The zero-order valence-electron chi connectivity index (χ0n) is 19.0. The van der Waals surface area contributed by atoms with Crippen molar-refractivity contribution in [1.82, 2.24) is 10.1 Å². The van der Waals surface area contributed by atoms with Crippen LogP contribution in [0, 0.1) is 18.2 Å². The summed E-state index contributed by atoms with van der Waals surface area (Å²) in [6.45, 7) is 5.06. The summed E-state index contributed by atoms with van der Waals surface area (Å²) in [6.07, 6.45) is 5.30. The molecule has 0 bridgehead atoms. The van der Waals surface area contributed by atoms with Gasteiger partial charge in [0.15, 0.2) is 0 Å². The lowest BCUT2D eigenvalue weighted by Crippen LogP contribution is -2.38. The highest BCUT2D eigenvalue weighted by Gasteiger charge is 2.26. The van der Waals surface area contributed by atoms with Crippen LogP contribution in [0.25, 0.3) is 11.3 Å². The molecule has 1 aromatic heterocycles. The van der Waals surface area contributed by atoms with Crippen molar-refractivity contribution < 1.29 is 28.2 Å². The van der Waals surface area contributed by atoms with Gasteiger partial charge < -0.3 is 28.7 Å². The van der Waals surface area contributed by atoms with Gasteiger partial charge in [0.05, 0.1) is 31.5 Å². The summed E-state index contributed by atoms with van der Waals surface area (Å²) in [6, 6.07) is 6.20. The van der Waals surface area contributed by atoms with Gasteiger partial charge in [-0.3, -0.25) is 4.90 Å². The van der Waals surface area contributed by atoms with Crippen LogP contribution in [0.4, 0.5) is 10.3 Å². The molecule has 8 nitrogen and oxygen atoms in total. The summed E-state index contributed by atoms with van der Waals surface area (Å²) >= 11 is 0. The van der Waals surface area contributed by atoms with Gasteiger partial charge in [-0.1, -0.05) is 11.1 Å². The number of rotatable bonds is 13. The van der Waals surface area contributed by atoms with E-state index in [1.165, 1.54) is 12.1 Å². The molecular formula is C24H32FN3O5. The minimum absolute atomic E-state index is 0.149. The average Bonchev–Trinajstić information content (AvgIpc) is 3.24. The van der Waals surface area contributed by atoms with E-state index in [-0.39, 0.29) is 19.0 Å². The van der Waals surface area contributed by atoms with E-state index in [0.29, 0.717) is 64.1 Å². The number of morpholine rings is 1. The molecule has 1 atom stereocenters. The standard InChI is InChI=1S/C24H32FN3O5/c1-3-12-32-18-21(29)16-27(9-4-13-30-2)17-22-23(19-5-7-20(25)8-6-19)26-33-24(22)28-10-14-31-15-11-28/h1,5-8,21,29H,4,9-18H2,2H3. The maximum atomic E-state index is 13.5. The maximum absolute atomic E-state index is 13.5. The Bertz CT molecular complexity index is 877. The molecule has 1 aliphatic rings. The molecule has 0 aliphatic carbocycles. The van der Waals surface area contributed by atoms with E-state index in [4.69, 9.17) is 25.2 Å². The number of terminal acetylenes is 1. The van der Waals surface area contributed by atoms with Gasteiger partial charge in [-0.05, 0) is 30.7 Å². The molecule has 0 amide bonds. The van der Waals surface area contributed by atoms with E-state index in [9.17, 15) is 9.50 Å². The van der Waals surface area contributed by atoms with Gasteiger partial charge in [0.2, 0.25) is 5.88 Å². The SMILES string of the molecule is C#CCOCC(O)CN(CCCOC)Cc1c(-c2ccc(F)cc2)noc1N1CCOCC1. The van der Waals surface area contributed by atoms with Gasteiger partial charge in [-0.25, -0.2) is 4.39 Å². The predicted molar refractivity (Wildman–Crippen MR) is 122 cm³/mol. The van der Waals surface area contributed by atoms with Gasteiger partial charge in [0.1, 0.15) is 18.1 Å². The van der Waals surface area contributed by atoms with Crippen LogP contribution in [0.15, 0.2) is 28.8 Å². The van der Waals surface area contributed by atoms with Gasteiger partial charge in [-0.2, -0.15) is 0 Å². The summed E-state index contributed by atoms with van der Waals surface area (Å²) in [5, 5.41) is 14.8. The number of ether oxygens (including phenoxy) is 3. The predicted octanol–water partition coefficient (Wildman–Crippen LogP) is 2.17. The Kier molecular flexibility index (Phi) is 10.1. The second-order valence-corrected chi connectivity index (χ2v) is 7.88. The number of aromatic nitrogens is 1. The minimum atomic E-state index is -0.707. The zero-order chi connectivity index (χ0) is 23.5. The summed E-state index contributed by atoms with van der Waals surface area (Å²) in [5.41, 5.74) is 2.31. The molecule has 0 spiro atoms. The van der Waals surface area contributed by atoms with Crippen molar-refractivity contribution in [1.29, 1.82) is 0 Å². The second kappa shape index (κ2) is 13.3. The molecule has 1 aromatic carbocycles. The van der Waals surface area contributed by atoms with Crippen LogP contribution in [0.1, 0.15) is 12.0 Å². The number of hydrogen-bond acceptors (Lipinski definition) is 8. The van der Waals surface area contributed by atoms with E-state index in [2.05, 4.69) is 20.9 Å². The minimum Gasteiger partial charge on any atom is -0.389 e.